The number of hydrogen-bond acceptors (Lipinski definition) is 4. The maximum atomic E-state index is 12.4. The highest BCUT2D eigenvalue weighted by Crippen LogP contribution is 2.15. The molecule has 6 heteroatoms. The van der Waals surface area contributed by atoms with Gasteiger partial charge in [0, 0.05) is 29.6 Å². The van der Waals surface area contributed by atoms with Crippen molar-refractivity contribution >= 4 is 16.8 Å². The average Bonchev–Trinajstić information content (AvgIpc) is 2.93. The van der Waals surface area contributed by atoms with Gasteiger partial charge < -0.3 is 9.88 Å². The highest BCUT2D eigenvalue weighted by Gasteiger charge is 2.13. The smallest absolute Gasteiger partial charge is 0.251 e. The fourth-order valence-corrected chi connectivity index (χ4v) is 2.66. The zero-order valence-corrected chi connectivity index (χ0v) is 14.4. The summed E-state index contributed by atoms with van der Waals surface area (Å²) in [6.45, 7) is 6.43. The Morgan fingerprint density at radius 2 is 2.00 bits per heavy atom. The van der Waals surface area contributed by atoms with Crippen LogP contribution < -0.4 is 5.32 Å². The van der Waals surface area contributed by atoms with Crippen molar-refractivity contribution in [3.63, 3.8) is 0 Å². The number of carbonyl (C=O) groups is 1. The molecule has 24 heavy (non-hydrogen) atoms. The van der Waals surface area contributed by atoms with E-state index in [1.165, 1.54) is 0 Å². The summed E-state index contributed by atoms with van der Waals surface area (Å²) >= 11 is 0. The normalized spacial score (nSPS) is 11.2. The first-order valence-electron chi connectivity index (χ1n) is 7.99. The van der Waals surface area contributed by atoms with Gasteiger partial charge in [0.25, 0.3) is 5.91 Å². The molecule has 2 heterocycles. The molecule has 0 aliphatic rings. The quantitative estimate of drug-likeness (QED) is 0.801. The van der Waals surface area contributed by atoms with Gasteiger partial charge in [-0.2, -0.15) is 0 Å². The number of rotatable bonds is 4. The van der Waals surface area contributed by atoms with Crippen LogP contribution in [0.1, 0.15) is 47.5 Å². The van der Waals surface area contributed by atoms with Gasteiger partial charge in [0.15, 0.2) is 5.82 Å². The van der Waals surface area contributed by atoms with E-state index in [1.807, 2.05) is 42.8 Å². The van der Waals surface area contributed by atoms with Crippen LogP contribution in [0.15, 0.2) is 30.3 Å². The lowest BCUT2D eigenvalue weighted by Crippen LogP contribution is -2.24. The molecule has 124 valence electrons. The number of aromatic nitrogens is 4. The Bertz CT molecular complexity index is 898. The van der Waals surface area contributed by atoms with Crippen molar-refractivity contribution in [2.75, 3.05) is 0 Å². The maximum Gasteiger partial charge on any atom is 0.251 e. The lowest BCUT2D eigenvalue weighted by atomic mass is 10.1. The van der Waals surface area contributed by atoms with E-state index in [2.05, 4.69) is 34.3 Å². The van der Waals surface area contributed by atoms with E-state index in [0.717, 1.165) is 28.2 Å². The molecule has 3 aromatic rings. The van der Waals surface area contributed by atoms with Gasteiger partial charge in [-0.1, -0.05) is 19.9 Å². The Kier molecular flexibility index (Phi) is 4.29. The molecule has 0 bridgehead atoms. The number of carbonyl (C=O) groups excluding carboxylic acids is 1. The third kappa shape index (κ3) is 3.13. The molecule has 0 aliphatic heterocycles. The molecule has 1 N–H and O–H groups in total. The van der Waals surface area contributed by atoms with E-state index in [1.54, 1.807) is 6.07 Å². The lowest BCUT2D eigenvalue weighted by Gasteiger charge is -2.08. The van der Waals surface area contributed by atoms with E-state index in [0.29, 0.717) is 18.0 Å². The molecule has 0 saturated carbocycles. The van der Waals surface area contributed by atoms with Crippen LogP contribution in [0.25, 0.3) is 10.9 Å². The lowest BCUT2D eigenvalue weighted by molar-refractivity contribution is 0.0949. The number of benzene rings is 1. The summed E-state index contributed by atoms with van der Waals surface area (Å²) in [4.78, 5) is 16.8. The van der Waals surface area contributed by atoms with Crippen LogP contribution in [-0.4, -0.2) is 25.7 Å². The summed E-state index contributed by atoms with van der Waals surface area (Å²) in [7, 11) is 1.92. The van der Waals surface area contributed by atoms with E-state index in [-0.39, 0.29) is 5.91 Å². The maximum absolute atomic E-state index is 12.4. The molecule has 0 unspecified atom stereocenters. The number of nitrogens with one attached hydrogen (secondary N) is 1. The van der Waals surface area contributed by atoms with Gasteiger partial charge in [-0.05, 0) is 31.2 Å². The molecule has 1 aromatic carbocycles. The zero-order valence-electron chi connectivity index (χ0n) is 14.4. The average molecular weight is 323 g/mol. The fourth-order valence-electron chi connectivity index (χ4n) is 2.66. The van der Waals surface area contributed by atoms with Crippen LogP contribution in [0.4, 0.5) is 0 Å². The topological polar surface area (TPSA) is 72.7 Å². The Labute approximate surface area is 140 Å². The van der Waals surface area contributed by atoms with Crippen molar-refractivity contribution in [2.24, 2.45) is 7.05 Å². The summed E-state index contributed by atoms with van der Waals surface area (Å²) in [5.41, 5.74) is 2.46. The predicted molar refractivity (Wildman–Crippen MR) is 92.7 cm³/mol. The Morgan fingerprint density at radius 1 is 1.21 bits per heavy atom. The van der Waals surface area contributed by atoms with Gasteiger partial charge in [-0.25, -0.2) is 0 Å². The number of hydrogen-bond donors (Lipinski definition) is 1. The molecule has 2 aromatic heterocycles. The molecule has 0 radical (unpaired) electrons. The Morgan fingerprint density at radius 3 is 2.71 bits per heavy atom. The number of aryl methyl sites for hydroxylation is 1. The van der Waals surface area contributed by atoms with Gasteiger partial charge in [0.2, 0.25) is 0 Å². The highest BCUT2D eigenvalue weighted by molar-refractivity contribution is 5.97. The third-order valence-electron chi connectivity index (χ3n) is 4.01. The van der Waals surface area contributed by atoms with Gasteiger partial charge in [0.05, 0.1) is 12.1 Å². The summed E-state index contributed by atoms with van der Waals surface area (Å²) in [5, 5.41) is 12.2. The van der Waals surface area contributed by atoms with Gasteiger partial charge in [-0.15, -0.1) is 10.2 Å². The van der Waals surface area contributed by atoms with Crippen molar-refractivity contribution in [1.29, 1.82) is 0 Å². The molecule has 0 spiro atoms. The van der Waals surface area contributed by atoms with Crippen LogP contribution in [0.5, 0.6) is 0 Å². The highest BCUT2D eigenvalue weighted by atomic mass is 16.1. The number of amides is 1. The first-order valence-corrected chi connectivity index (χ1v) is 7.99. The van der Waals surface area contributed by atoms with Crippen molar-refractivity contribution < 1.29 is 4.79 Å². The van der Waals surface area contributed by atoms with Crippen LogP contribution in [0, 0.1) is 6.92 Å². The number of pyridine rings is 1. The minimum absolute atomic E-state index is 0.133. The predicted octanol–water partition coefficient (Wildman–Crippen LogP) is 2.73. The van der Waals surface area contributed by atoms with Crippen molar-refractivity contribution in [3.05, 3.63) is 53.2 Å². The first kappa shape index (κ1) is 16.1. The summed E-state index contributed by atoms with van der Waals surface area (Å²) in [6, 6.07) is 9.44. The second-order valence-corrected chi connectivity index (χ2v) is 6.23. The van der Waals surface area contributed by atoms with E-state index in [4.69, 9.17) is 0 Å². The van der Waals surface area contributed by atoms with Crippen molar-refractivity contribution in [3.8, 4) is 0 Å². The van der Waals surface area contributed by atoms with Crippen LogP contribution in [-0.2, 0) is 13.6 Å². The fraction of sp³-hybridized carbons (Fsp3) is 0.333. The molecule has 3 rings (SSSR count). The first-order chi connectivity index (χ1) is 11.5. The summed E-state index contributed by atoms with van der Waals surface area (Å²) < 4.78 is 1.93. The minimum Gasteiger partial charge on any atom is -0.345 e. The monoisotopic (exact) mass is 323 g/mol. The molecule has 1 amide bonds. The SMILES string of the molecule is Cc1ccc2cc(C(=O)NCc3nnc(C(C)C)n3C)ccc2n1. The Hall–Kier alpha value is -2.76. The molecular formula is C18H21N5O. The van der Waals surface area contributed by atoms with Crippen LogP contribution in [0.3, 0.4) is 0 Å². The molecule has 0 aliphatic carbocycles. The van der Waals surface area contributed by atoms with Crippen molar-refractivity contribution in [2.45, 2.75) is 33.2 Å². The minimum atomic E-state index is -0.133. The molecular weight excluding hydrogens is 302 g/mol. The third-order valence-corrected chi connectivity index (χ3v) is 4.01. The molecule has 6 nitrogen and oxygen atoms in total. The summed E-state index contributed by atoms with van der Waals surface area (Å²) in [6.07, 6.45) is 0. The Balaban J connectivity index is 1.74. The van der Waals surface area contributed by atoms with Crippen LogP contribution >= 0.6 is 0 Å². The number of fused-ring (bicyclic) bond motifs is 1. The van der Waals surface area contributed by atoms with Gasteiger partial charge >= 0.3 is 0 Å². The zero-order chi connectivity index (χ0) is 17.3. The molecule has 0 saturated heterocycles. The second kappa shape index (κ2) is 6.39. The van der Waals surface area contributed by atoms with E-state index < -0.39 is 0 Å². The summed E-state index contributed by atoms with van der Waals surface area (Å²) in [5.74, 6) is 1.81. The standard InChI is InChI=1S/C18H21N5O/c1-11(2)17-22-21-16(23(17)4)10-19-18(24)14-7-8-15-13(9-14)6-5-12(3)20-15/h5-9,11H,10H2,1-4H3,(H,19,24). The van der Waals surface area contributed by atoms with Gasteiger partial charge in [0.1, 0.15) is 5.82 Å². The van der Waals surface area contributed by atoms with E-state index in [9.17, 15) is 4.79 Å². The molecule has 0 fully saturated rings. The van der Waals surface area contributed by atoms with Crippen molar-refractivity contribution in [1.82, 2.24) is 25.1 Å². The van der Waals surface area contributed by atoms with E-state index >= 15 is 0 Å². The largest absolute Gasteiger partial charge is 0.345 e. The number of nitrogens with zero attached hydrogens (tertiary/aromatic N) is 4. The second-order valence-electron chi connectivity index (χ2n) is 6.23. The van der Waals surface area contributed by atoms with Crippen LogP contribution in [0.2, 0.25) is 0 Å². The molecule has 0 atom stereocenters. The van der Waals surface area contributed by atoms with Gasteiger partial charge in [-0.3, -0.25) is 9.78 Å².